The number of hydrogen-bond acceptors (Lipinski definition) is 3. The number of ether oxygens (including phenoxy) is 1. The van der Waals surface area contributed by atoms with Crippen molar-refractivity contribution in [1.29, 1.82) is 0 Å². The molecule has 0 unspecified atom stereocenters. The lowest BCUT2D eigenvalue weighted by atomic mass is 10.2. The second kappa shape index (κ2) is 8.11. The van der Waals surface area contributed by atoms with Gasteiger partial charge in [0, 0.05) is 20.0 Å². The van der Waals surface area contributed by atoms with Crippen molar-refractivity contribution in [2.45, 2.75) is 20.0 Å². The van der Waals surface area contributed by atoms with Crippen molar-refractivity contribution in [3.63, 3.8) is 0 Å². The highest BCUT2D eigenvalue weighted by molar-refractivity contribution is 5.72. The number of carbonyl (C=O) groups excluding carboxylic acids is 2. The van der Waals surface area contributed by atoms with Gasteiger partial charge in [0.1, 0.15) is 6.61 Å². The van der Waals surface area contributed by atoms with E-state index < -0.39 is 6.09 Å². The lowest BCUT2D eigenvalue weighted by Crippen LogP contribution is -2.29. The Bertz CT molecular complexity index is 379. The summed E-state index contributed by atoms with van der Waals surface area (Å²) in [5.74, 6) is -0.0679. The first-order valence-electron chi connectivity index (χ1n) is 5.87. The van der Waals surface area contributed by atoms with Crippen molar-refractivity contribution in [3.8, 4) is 0 Å². The van der Waals surface area contributed by atoms with E-state index in [-0.39, 0.29) is 12.5 Å². The Morgan fingerprint density at radius 3 is 2.44 bits per heavy atom. The fourth-order valence-corrected chi connectivity index (χ4v) is 1.32. The lowest BCUT2D eigenvalue weighted by molar-refractivity contribution is -0.118. The van der Waals surface area contributed by atoms with Gasteiger partial charge in [0.15, 0.2) is 0 Å². The molecule has 2 N–H and O–H groups in total. The van der Waals surface area contributed by atoms with E-state index in [1.807, 2.05) is 30.3 Å². The molecule has 0 aliphatic carbocycles. The quantitative estimate of drug-likeness (QED) is 0.751. The van der Waals surface area contributed by atoms with Gasteiger partial charge in [-0.2, -0.15) is 0 Å². The molecule has 0 aliphatic rings. The number of carbonyl (C=O) groups is 2. The van der Waals surface area contributed by atoms with E-state index in [2.05, 4.69) is 10.6 Å². The Morgan fingerprint density at radius 1 is 1.11 bits per heavy atom. The normalized spacial score (nSPS) is 9.61. The van der Waals surface area contributed by atoms with Gasteiger partial charge in [-0.05, 0) is 12.0 Å². The summed E-state index contributed by atoms with van der Waals surface area (Å²) < 4.78 is 5.02. The first-order chi connectivity index (χ1) is 8.68. The smallest absolute Gasteiger partial charge is 0.407 e. The summed E-state index contributed by atoms with van der Waals surface area (Å²) in [7, 11) is 0. The number of amides is 2. The van der Waals surface area contributed by atoms with E-state index in [1.165, 1.54) is 6.92 Å². The van der Waals surface area contributed by atoms with Crippen molar-refractivity contribution in [2.75, 3.05) is 13.1 Å². The molecule has 1 aromatic rings. The molecule has 0 atom stereocenters. The van der Waals surface area contributed by atoms with Gasteiger partial charge in [-0.15, -0.1) is 0 Å². The van der Waals surface area contributed by atoms with Crippen LogP contribution in [0.15, 0.2) is 30.3 Å². The predicted octanol–water partition coefficient (Wildman–Crippen LogP) is 1.44. The number of rotatable bonds is 6. The molecule has 5 heteroatoms. The number of nitrogens with one attached hydrogen (secondary N) is 2. The highest BCUT2D eigenvalue weighted by atomic mass is 16.5. The fraction of sp³-hybridized carbons (Fsp3) is 0.385. The van der Waals surface area contributed by atoms with Gasteiger partial charge >= 0.3 is 6.09 Å². The Balaban J connectivity index is 2.06. The molecule has 2 amide bonds. The van der Waals surface area contributed by atoms with Crippen molar-refractivity contribution < 1.29 is 14.3 Å². The molecule has 98 valence electrons. The predicted molar refractivity (Wildman–Crippen MR) is 67.9 cm³/mol. The second-order valence-corrected chi connectivity index (χ2v) is 3.83. The average molecular weight is 250 g/mol. The Labute approximate surface area is 107 Å². The van der Waals surface area contributed by atoms with Crippen molar-refractivity contribution in [2.24, 2.45) is 0 Å². The summed E-state index contributed by atoms with van der Waals surface area (Å²) in [6.07, 6.45) is 0.238. The third-order valence-electron chi connectivity index (χ3n) is 2.21. The van der Waals surface area contributed by atoms with Crippen LogP contribution in [0.3, 0.4) is 0 Å². The third-order valence-corrected chi connectivity index (χ3v) is 2.21. The van der Waals surface area contributed by atoms with Gasteiger partial charge in [0.05, 0.1) is 0 Å². The van der Waals surface area contributed by atoms with Gasteiger partial charge in [-0.1, -0.05) is 30.3 Å². The molecule has 5 nitrogen and oxygen atoms in total. The summed E-state index contributed by atoms with van der Waals surface area (Å²) in [5.41, 5.74) is 0.950. The Morgan fingerprint density at radius 2 is 1.78 bits per heavy atom. The molecule has 0 aromatic heterocycles. The van der Waals surface area contributed by atoms with Gasteiger partial charge in [-0.25, -0.2) is 4.79 Å². The monoisotopic (exact) mass is 250 g/mol. The maximum absolute atomic E-state index is 11.3. The SMILES string of the molecule is CC(=O)NCCCNC(=O)OCc1ccccc1. The Hall–Kier alpha value is -2.04. The zero-order valence-electron chi connectivity index (χ0n) is 10.4. The maximum Gasteiger partial charge on any atom is 0.407 e. The van der Waals surface area contributed by atoms with Crippen LogP contribution in [0.5, 0.6) is 0 Å². The molecule has 0 saturated heterocycles. The molecule has 1 aromatic carbocycles. The van der Waals surface area contributed by atoms with E-state index in [9.17, 15) is 9.59 Å². The molecule has 0 aliphatic heterocycles. The van der Waals surface area contributed by atoms with Crippen LogP contribution < -0.4 is 10.6 Å². The van der Waals surface area contributed by atoms with Gasteiger partial charge in [0.25, 0.3) is 0 Å². The van der Waals surface area contributed by atoms with Gasteiger partial charge in [0.2, 0.25) is 5.91 Å². The molecular formula is C13H18N2O3. The van der Waals surface area contributed by atoms with E-state index in [1.54, 1.807) is 0 Å². The minimum absolute atomic E-state index is 0.0679. The Kier molecular flexibility index (Phi) is 6.32. The van der Waals surface area contributed by atoms with Crippen molar-refractivity contribution in [1.82, 2.24) is 10.6 Å². The number of benzene rings is 1. The minimum Gasteiger partial charge on any atom is -0.445 e. The van der Waals surface area contributed by atoms with Crippen LogP contribution >= 0.6 is 0 Å². The average Bonchev–Trinajstić information content (AvgIpc) is 2.37. The highest BCUT2D eigenvalue weighted by Gasteiger charge is 2.01. The van der Waals surface area contributed by atoms with Gasteiger partial charge < -0.3 is 15.4 Å². The van der Waals surface area contributed by atoms with Crippen LogP contribution in [0, 0.1) is 0 Å². The molecule has 0 spiro atoms. The largest absolute Gasteiger partial charge is 0.445 e. The molecular weight excluding hydrogens is 232 g/mol. The molecule has 0 saturated carbocycles. The maximum atomic E-state index is 11.3. The number of hydrogen-bond donors (Lipinski definition) is 2. The zero-order valence-corrected chi connectivity index (χ0v) is 10.4. The highest BCUT2D eigenvalue weighted by Crippen LogP contribution is 2.00. The van der Waals surface area contributed by atoms with E-state index >= 15 is 0 Å². The molecule has 0 fully saturated rings. The summed E-state index contributed by atoms with van der Waals surface area (Å²) in [5, 5.41) is 5.26. The first-order valence-corrected chi connectivity index (χ1v) is 5.87. The molecule has 1 rings (SSSR count). The van der Waals surface area contributed by atoms with Crippen LogP contribution in [0.25, 0.3) is 0 Å². The fourth-order valence-electron chi connectivity index (χ4n) is 1.32. The summed E-state index contributed by atoms with van der Waals surface area (Å²) in [6, 6.07) is 9.48. The van der Waals surface area contributed by atoms with Gasteiger partial charge in [-0.3, -0.25) is 4.79 Å². The molecule has 0 bridgehead atoms. The first kappa shape index (κ1) is 14.0. The van der Waals surface area contributed by atoms with E-state index in [4.69, 9.17) is 4.74 Å². The van der Waals surface area contributed by atoms with Crippen LogP contribution in [-0.2, 0) is 16.1 Å². The third kappa shape index (κ3) is 6.52. The van der Waals surface area contributed by atoms with E-state index in [0.29, 0.717) is 19.5 Å². The standard InChI is InChI=1S/C13H18N2O3/c1-11(16)14-8-5-9-15-13(17)18-10-12-6-3-2-4-7-12/h2-4,6-7H,5,8-10H2,1H3,(H,14,16)(H,15,17). The summed E-state index contributed by atoms with van der Waals surface area (Å²) in [6.45, 7) is 2.75. The second-order valence-electron chi connectivity index (χ2n) is 3.83. The zero-order chi connectivity index (χ0) is 13.2. The lowest BCUT2D eigenvalue weighted by Gasteiger charge is -2.07. The summed E-state index contributed by atoms with van der Waals surface area (Å²) in [4.78, 5) is 21.9. The minimum atomic E-state index is -0.443. The van der Waals surface area contributed by atoms with Crippen LogP contribution in [0.1, 0.15) is 18.9 Å². The molecule has 0 radical (unpaired) electrons. The molecule has 18 heavy (non-hydrogen) atoms. The van der Waals surface area contributed by atoms with Crippen LogP contribution in [-0.4, -0.2) is 25.1 Å². The molecule has 0 heterocycles. The van der Waals surface area contributed by atoms with Crippen molar-refractivity contribution in [3.05, 3.63) is 35.9 Å². The van der Waals surface area contributed by atoms with Crippen LogP contribution in [0.4, 0.5) is 4.79 Å². The van der Waals surface area contributed by atoms with Crippen LogP contribution in [0.2, 0.25) is 0 Å². The van der Waals surface area contributed by atoms with E-state index in [0.717, 1.165) is 5.56 Å². The summed E-state index contributed by atoms with van der Waals surface area (Å²) >= 11 is 0. The van der Waals surface area contributed by atoms with Crippen molar-refractivity contribution >= 4 is 12.0 Å². The topological polar surface area (TPSA) is 67.4 Å². The number of alkyl carbamates (subject to hydrolysis) is 1.